The number of rotatable bonds is 5. The van der Waals surface area contributed by atoms with Crippen molar-refractivity contribution in [1.29, 1.82) is 0 Å². The quantitative estimate of drug-likeness (QED) is 0.750. The van der Waals surface area contributed by atoms with E-state index in [-0.39, 0.29) is 6.54 Å². The fourth-order valence-corrected chi connectivity index (χ4v) is 1.77. The van der Waals surface area contributed by atoms with Gasteiger partial charge in [0.1, 0.15) is 0 Å². The lowest BCUT2D eigenvalue weighted by Gasteiger charge is -2.02. The number of para-hydroxylation sites is 1. The van der Waals surface area contributed by atoms with Crippen LogP contribution >= 0.6 is 0 Å². The molecule has 2 aromatic rings. The lowest BCUT2D eigenvalue weighted by molar-refractivity contribution is 0.146. The zero-order valence-electron chi connectivity index (χ0n) is 8.84. The molecule has 0 fully saturated rings. The summed E-state index contributed by atoms with van der Waals surface area (Å²) in [4.78, 5) is 3.16. The van der Waals surface area contributed by atoms with Crippen molar-refractivity contribution in [3.8, 4) is 0 Å². The normalized spacial score (nSPS) is 11.4. The summed E-state index contributed by atoms with van der Waals surface area (Å²) in [6.45, 7) is 0.342. The summed E-state index contributed by atoms with van der Waals surface area (Å²) in [6, 6.07) is 7.99. The number of benzene rings is 1. The standard InChI is InChI=1S/C12H14F2N2/c13-12(14)8-15-6-5-9-7-16-11-4-2-1-3-10(9)11/h1-4,7,12,15-16H,5-6,8H2. The van der Waals surface area contributed by atoms with Crippen molar-refractivity contribution in [2.75, 3.05) is 13.1 Å². The molecule has 1 heterocycles. The number of nitrogens with one attached hydrogen (secondary N) is 2. The number of H-pyrrole nitrogens is 1. The molecule has 1 aromatic heterocycles. The minimum atomic E-state index is -2.28. The lowest BCUT2D eigenvalue weighted by atomic mass is 10.1. The van der Waals surface area contributed by atoms with Gasteiger partial charge in [0.25, 0.3) is 6.43 Å². The van der Waals surface area contributed by atoms with Gasteiger partial charge in [-0.15, -0.1) is 0 Å². The molecule has 86 valence electrons. The molecule has 0 unspecified atom stereocenters. The monoisotopic (exact) mass is 224 g/mol. The molecule has 0 spiro atoms. The molecule has 2 nitrogen and oxygen atoms in total. The van der Waals surface area contributed by atoms with Crippen LogP contribution in [0.15, 0.2) is 30.5 Å². The summed E-state index contributed by atoms with van der Waals surface area (Å²) in [5.41, 5.74) is 2.25. The minimum Gasteiger partial charge on any atom is -0.361 e. The number of hydrogen-bond donors (Lipinski definition) is 2. The van der Waals surface area contributed by atoms with E-state index in [1.807, 2.05) is 30.5 Å². The number of aromatic amines is 1. The van der Waals surface area contributed by atoms with Crippen molar-refractivity contribution >= 4 is 10.9 Å². The van der Waals surface area contributed by atoms with Crippen LogP contribution in [0.4, 0.5) is 8.78 Å². The van der Waals surface area contributed by atoms with E-state index < -0.39 is 6.43 Å². The summed E-state index contributed by atoms with van der Waals surface area (Å²) in [7, 11) is 0. The third kappa shape index (κ3) is 2.58. The molecule has 0 aliphatic carbocycles. The van der Waals surface area contributed by atoms with Crippen LogP contribution in [-0.4, -0.2) is 24.5 Å². The molecule has 0 aliphatic heterocycles. The molecule has 2 N–H and O–H groups in total. The number of fused-ring (bicyclic) bond motifs is 1. The van der Waals surface area contributed by atoms with E-state index in [1.165, 1.54) is 5.39 Å². The Morgan fingerprint density at radius 1 is 1.25 bits per heavy atom. The van der Waals surface area contributed by atoms with Crippen LogP contribution in [0, 0.1) is 0 Å². The molecule has 2 rings (SSSR count). The Labute approximate surface area is 92.7 Å². The Kier molecular flexibility index (Phi) is 3.51. The summed E-state index contributed by atoms with van der Waals surface area (Å²) >= 11 is 0. The first-order valence-electron chi connectivity index (χ1n) is 5.31. The maximum absolute atomic E-state index is 11.9. The molecule has 4 heteroatoms. The Bertz CT molecular complexity index is 451. The van der Waals surface area contributed by atoms with Crippen molar-refractivity contribution in [3.63, 3.8) is 0 Å². The third-order valence-electron chi connectivity index (χ3n) is 2.54. The second-order valence-corrected chi connectivity index (χ2v) is 3.70. The maximum atomic E-state index is 11.9. The molecular weight excluding hydrogens is 210 g/mol. The van der Waals surface area contributed by atoms with Crippen molar-refractivity contribution in [3.05, 3.63) is 36.0 Å². The maximum Gasteiger partial charge on any atom is 0.250 e. The first kappa shape index (κ1) is 11.1. The zero-order chi connectivity index (χ0) is 11.4. The van der Waals surface area contributed by atoms with Crippen molar-refractivity contribution < 1.29 is 8.78 Å². The fraction of sp³-hybridized carbons (Fsp3) is 0.333. The van der Waals surface area contributed by atoms with E-state index in [0.29, 0.717) is 6.54 Å². The predicted molar refractivity (Wildman–Crippen MR) is 60.9 cm³/mol. The highest BCUT2D eigenvalue weighted by atomic mass is 19.3. The van der Waals surface area contributed by atoms with Crippen LogP contribution in [0.5, 0.6) is 0 Å². The number of halogens is 2. The highest BCUT2D eigenvalue weighted by Gasteiger charge is 2.03. The van der Waals surface area contributed by atoms with Gasteiger partial charge in [0.2, 0.25) is 0 Å². The molecule has 0 amide bonds. The largest absolute Gasteiger partial charge is 0.361 e. The zero-order valence-corrected chi connectivity index (χ0v) is 8.84. The molecule has 0 saturated heterocycles. The van der Waals surface area contributed by atoms with Gasteiger partial charge in [0.15, 0.2) is 0 Å². The molecule has 0 saturated carbocycles. The SMILES string of the molecule is FC(F)CNCCc1c[nH]c2ccccc12. The Hall–Kier alpha value is -1.42. The van der Waals surface area contributed by atoms with E-state index in [4.69, 9.17) is 0 Å². The Balaban J connectivity index is 1.94. The van der Waals surface area contributed by atoms with Gasteiger partial charge in [0.05, 0.1) is 6.54 Å². The summed E-state index contributed by atoms with van der Waals surface area (Å²) in [5, 5.41) is 3.89. The van der Waals surface area contributed by atoms with Crippen molar-refractivity contribution in [2.24, 2.45) is 0 Å². The van der Waals surface area contributed by atoms with E-state index in [1.54, 1.807) is 0 Å². The van der Waals surface area contributed by atoms with Gasteiger partial charge in [-0.05, 0) is 24.6 Å². The Morgan fingerprint density at radius 2 is 2.06 bits per heavy atom. The first-order valence-corrected chi connectivity index (χ1v) is 5.31. The van der Waals surface area contributed by atoms with Crippen LogP contribution in [0.3, 0.4) is 0 Å². The average molecular weight is 224 g/mol. The highest BCUT2D eigenvalue weighted by molar-refractivity contribution is 5.83. The third-order valence-corrected chi connectivity index (χ3v) is 2.54. The Morgan fingerprint density at radius 3 is 2.88 bits per heavy atom. The summed E-state index contributed by atoms with van der Waals surface area (Å²) in [6.07, 6.45) is 0.425. The van der Waals surface area contributed by atoms with E-state index in [2.05, 4.69) is 10.3 Å². The summed E-state index contributed by atoms with van der Waals surface area (Å²) in [5.74, 6) is 0. The second-order valence-electron chi connectivity index (χ2n) is 3.70. The molecule has 16 heavy (non-hydrogen) atoms. The van der Waals surface area contributed by atoms with Crippen LogP contribution in [0.25, 0.3) is 10.9 Å². The van der Waals surface area contributed by atoms with Gasteiger partial charge in [0, 0.05) is 17.1 Å². The fourth-order valence-electron chi connectivity index (χ4n) is 1.77. The van der Waals surface area contributed by atoms with Crippen LogP contribution in [-0.2, 0) is 6.42 Å². The van der Waals surface area contributed by atoms with Crippen LogP contribution < -0.4 is 5.32 Å². The topological polar surface area (TPSA) is 27.8 Å². The van der Waals surface area contributed by atoms with Crippen LogP contribution in [0.2, 0.25) is 0 Å². The summed E-state index contributed by atoms with van der Waals surface area (Å²) < 4.78 is 23.8. The average Bonchev–Trinajstić information content (AvgIpc) is 2.68. The smallest absolute Gasteiger partial charge is 0.250 e. The van der Waals surface area contributed by atoms with Gasteiger partial charge in [-0.2, -0.15) is 0 Å². The number of aromatic nitrogens is 1. The van der Waals surface area contributed by atoms with Gasteiger partial charge in [-0.3, -0.25) is 0 Å². The van der Waals surface area contributed by atoms with Crippen LogP contribution in [0.1, 0.15) is 5.56 Å². The first-order chi connectivity index (χ1) is 7.77. The van der Waals surface area contributed by atoms with Crippen molar-refractivity contribution in [2.45, 2.75) is 12.8 Å². The van der Waals surface area contributed by atoms with Gasteiger partial charge >= 0.3 is 0 Å². The molecule has 1 aromatic carbocycles. The predicted octanol–water partition coefficient (Wildman–Crippen LogP) is 2.57. The molecule has 0 radical (unpaired) electrons. The van der Waals surface area contributed by atoms with Gasteiger partial charge < -0.3 is 10.3 Å². The second kappa shape index (κ2) is 5.07. The number of alkyl halides is 2. The van der Waals surface area contributed by atoms with E-state index >= 15 is 0 Å². The molecule has 0 aliphatic rings. The van der Waals surface area contributed by atoms with Crippen molar-refractivity contribution in [1.82, 2.24) is 10.3 Å². The molecule has 0 atom stereocenters. The minimum absolute atomic E-state index is 0.234. The highest BCUT2D eigenvalue weighted by Crippen LogP contribution is 2.17. The van der Waals surface area contributed by atoms with Gasteiger partial charge in [-0.1, -0.05) is 18.2 Å². The van der Waals surface area contributed by atoms with E-state index in [0.717, 1.165) is 17.5 Å². The van der Waals surface area contributed by atoms with E-state index in [9.17, 15) is 8.78 Å². The molecule has 0 bridgehead atoms. The number of hydrogen-bond acceptors (Lipinski definition) is 1. The van der Waals surface area contributed by atoms with Gasteiger partial charge in [-0.25, -0.2) is 8.78 Å². The lowest BCUT2D eigenvalue weighted by Crippen LogP contribution is -2.23. The molecular formula is C12H14F2N2.